The molecule has 0 bridgehead atoms. The first-order valence-electron chi connectivity index (χ1n) is 9.53. The molecule has 2 amide bonds. The number of amides is 2. The molecule has 0 spiro atoms. The summed E-state index contributed by atoms with van der Waals surface area (Å²) in [6.45, 7) is 3.46. The average molecular weight is 427 g/mol. The van der Waals surface area contributed by atoms with Crippen LogP contribution in [0.5, 0.6) is 0 Å². The molecule has 2 N–H and O–H groups in total. The number of carbonyl (C=O) groups is 2. The SMILES string of the molecule is CC(C)[C@H](NC(=O)c1ccccc1F)C(=O)Nc1cnc2c(c1)c(=O)n(C)c(=O)n2C. The molecule has 2 heterocycles. The molecule has 2 aromatic heterocycles. The van der Waals surface area contributed by atoms with E-state index in [2.05, 4.69) is 15.6 Å². The van der Waals surface area contributed by atoms with E-state index in [4.69, 9.17) is 0 Å². The molecule has 0 unspecified atom stereocenters. The van der Waals surface area contributed by atoms with Crippen molar-refractivity contribution >= 4 is 28.5 Å². The van der Waals surface area contributed by atoms with Gasteiger partial charge in [-0.2, -0.15) is 0 Å². The molecule has 1 atom stereocenters. The van der Waals surface area contributed by atoms with E-state index in [0.29, 0.717) is 0 Å². The number of fused-ring (bicyclic) bond motifs is 1. The van der Waals surface area contributed by atoms with Gasteiger partial charge in [-0.1, -0.05) is 26.0 Å². The Kier molecular flexibility index (Phi) is 6.00. The summed E-state index contributed by atoms with van der Waals surface area (Å²) in [5.41, 5.74) is -0.830. The average Bonchev–Trinajstić information content (AvgIpc) is 2.74. The zero-order valence-corrected chi connectivity index (χ0v) is 17.5. The lowest BCUT2D eigenvalue weighted by molar-refractivity contribution is -0.118. The first kappa shape index (κ1) is 21.9. The van der Waals surface area contributed by atoms with E-state index in [1.54, 1.807) is 13.8 Å². The van der Waals surface area contributed by atoms with Crippen molar-refractivity contribution in [2.45, 2.75) is 19.9 Å². The number of benzene rings is 1. The van der Waals surface area contributed by atoms with Gasteiger partial charge in [0.15, 0.2) is 0 Å². The van der Waals surface area contributed by atoms with Gasteiger partial charge in [0.25, 0.3) is 11.5 Å². The van der Waals surface area contributed by atoms with Gasteiger partial charge in [-0.3, -0.25) is 23.5 Å². The number of halogens is 1. The topological polar surface area (TPSA) is 115 Å². The van der Waals surface area contributed by atoms with Crippen molar-refractivity contribution in [3.05, 3.63) is 68.7 Å². The Bertz CT molecular complexity index is 1300. The van der Waals surface area contributed by atoms with Crippen LogP contribution in [-0.4, -0.2) is 32.0 Å². The molecule has 10 heteroatoms. The monoisotopic (exact) mass is 427 g/mol. The van der Waals surface area contributed by atoms with Crippen LogP contribution in [-0.2, 0) is 18.9 Å². The number of carbonyl (C=O) groups excluding carboxylic acids is 2. The minimum Gasteiger partial charge on any atom is -0.340 e. The number of aryl methyl sites for hydroxylation is 1. The van der Waals surface area contributed by atoms with Crippen molar-refractivity contribution in [2.24, 2.45) is 20.0 Å². The molecule has 0 fully saturated rings. The molecule has 1 aromatic carbocycles. The van der Waals surface area contributed by atoms with Crippen LogP contribution in [0.15, 0.2) is 46.1 Å². The summed E-state index contributed by atoms with van der Waals surface area (Å²) in [7, 11) is 2.84. The quantitative estimate of drug-likeness (QED) is 0.634. The van der Waals surface area contributed by atoms with Crippen LogP contribution in [0.3, 0.4) is 0 Å². The molecule has 0 aliphatic carbocycles. The lowest BCUT2D eigenvalue weighted by Crippen LogP contribution is -2.47. The number of pyridine rings is 1. The van der Waals surface area contributed by atoms with Crippen LogP contribution in [0, 0.1) is 11.7 Å². The Morgan fingerprint density at radius 1 is 1.10 bits per heavy atom. The second-order valence-electron chi connectivity index (χ2n) is 7.47. The highest BCUT2D eigenvalue weighted by Gasteiger charge is 2.26. The number of anilines is 1. The lowest BCUT2D eigenvalue weighted by Gasteiger charge is -2.22. The van der Waals surface area contributed by atoms with Crippen LogP contribution >= 0.6 is 0 Å². The fourth-order valence-corrected chi connectivity index (χ4v) is 3.15. The minimum absolute atomic E-state index is 0.152. The summed E-state index contributed by atoms with van der Waals surface area (Å²) < 4.78 is 16.1. The first-order chi connectivity index (χ1) is 14.6. The maximum atomic E-state index is 13.9. The van der Waals surface area contributed by atoms with E-state index in [9.17, 15) is 23.6 Å². The van der Waals surface area contributed by atoms with Crippen molar-refractivity contribution in [1.29, 1.82) is 0 Å². The van der Waals surface area contributed by atoms with Gasteiger partial charge in [-0.15, -0.1) is 0 Å². The van der Waals surface area contributed by atoms with Gasteiger partial charge in [0.1, 0.15) is 17.5 Å². The van der Waals surface area contributed by atoms with Crippen LogP contribution in [0.2, 0.25) is 0 Å². The normalized spacial score (nSPS) is 12.1. The zero-order valence-electron chi connectivity index (χ0n) is 17.5. The van der Waals surface area contributed by atoms with E-state index in [-0.39, 0.29) is 28.2 Å². The van der Waals surface area contributed by atoms with Crippen LogP contribution in [0.4, 0.5) is 10.1 Å². The van der Waals surface area contributed by atoms with E-state index < -0.39 is 34.9 Å². The molecule has 31 heavy (non-hydrogen) atoms. The zero-order chi connectivity index (χ0) is 22.9. The maximum Gasteiger partial charge on any atom is 0.332 e. The van der Waals surface area contributed by atoms with E-state index in [1.165, 1.54) is 49.1 Å². The number of rotatable bonds is 5. The van der Waals surface area contributed by atoms with Crippen molar-refractivity contribution in [1.82, 2.24) is 19.4 Å². The second kappa shape index (κ2) is 8.50. The Hall–Kier alpha value is -3.82. The molecule has 3 aromatic rings. The van der Waals surface area contributed by atoms with E-state index in [1.807, 2.05) is 0 Å². The van der Waals surface area contributed by atoms with Crippen LogP contribution in [0.25, 0.3) is 11.0 Å². The highest BCUT2D eigenvalue weighted by Crippen LogP contribution is 2.14. The summed E-state index contributed by atoms with van der Waals surface area (Å²) >= 11 is 0. The van der Waals surface area contributed by atoms with Crippen molar-refractivity contribution < 1.29 is 14.0 Å². The van der Waals surface area contributed by atoms with Gasteiger partial charge < -0.3 is 10.6 Å². The predicted molar refractivity (Wildman–Crippen MR) is 113 cm³/mol. The fraction of sp³-hybridized carbons (Fsp3) is 0.286. The molecule has 162 valence electrons. The summed E-state index contributed by atoms with van der Waals surface area (Å²) in [5, 5.41) is 5.32. The lowest BCUT2D eigenvalue weighted by atomic mass is 10.0. The Morgan fingerprint density at radius 2 is 1.77 bits per heavy atom. The Labute approximate surface area is 176 Å². The third kappa shape index (κ3) is 4.23. The molecule has 3 rings (SSSR count). The van der Waals surface area contributed by atoms with Gasteiger partial charge in [-0.25, -0.2) is 14.2 Å². The molecule has 0 saturated heterocycles. The second-order valence-corrected chi connectivity index (χ2v) is 7.47. The van der Waals surface area contributed by atoms with Gasteiger partial charge in [0, 0.05) is 14.1 Å². The first-order valence-corrected chi connectivity index (χ1v) is 9.53. The number of hydrogen-bond acceptors (Lipinski definition) is 5. The maximum absolute atomic E-state index is 13.9. The summed E-state index contributed by atoms with van der Waals surface area (Å²) in [4.78, 5) is 53.8. The Morgan fingerprint density at radius 3 is 2.42 bits per heavy atom. The predicted octanol–water partition coefficient (Wildman–Crippen LogP) is 1.16. The fourth-order valence-electron chi connectivity index (χ4n) is 3.15. The summed E-state index contributed by atoms with van der Waals surface area (Å²) in [6.07, 6.45) is 1.31. The number of nitrogens with zero attached hydrogens (tertiary/aromatic N) is 3. The van der Waals surface area contributed by atoms with Gasteiger partial charge >= 0.3 is 5.69 Å². The summed E-state index contributed by atoms with van der Waals surface area (Å²) in [5.74, 6) is -2.27. The minimum atomic E-state index is -0.967. The number of hydrogen-bond donors (Lipinski definition) is 2. The van der Waals surface area contributed by atoms with Crippen molar-refractivity contribution in [3.8, 4) is 0 Å². The molecule has 0 aliphatic heterocycles. The molecular weight excluding hydrogens is 405 g/mol. The van der Waals surface area contributed by atoms with Crippen LogP contribution < -0.4 is 21.9 Å². The molecule has 0 saturated carbocycles. The van der Waals surface area contributed by atoms with Crippen molar-refractivity contribution in [2.75, 3.05) is 5.32 Å². The van der Waals surface area contributed by atoms with Crippen LogP contribution in [0.1, 0.15) is 24.2 Å². The molecule has 0 radical (unpaired) electrons. The standard InChI is InChI=1S/C21H22FN5O4/c1-11(2)16(25-18(28)13-7-5-6-8-15(13)22)19(29)24-12-9-14-17(23-10-12)26(3)21(31)27(4)20(14)30/h5-11,16H,1-4H3,(H,24,29)(H,25,28)/t16-/m0/s1. The third-order valence-electron chi connectivity index (χ3n) is 4.92. The van der Waals surface area contributed by atoms with E-state index >= 15 is 0 Å². The molecule has 9 nitrogen and oxygen atoms in total. The van der Waals surface area contributed by atoms with Gasteiger partial charge in [-0.05, 0) is 24.1 Å². The van der Waals surface area contributed by atoms with Gasteiger partial charge in [0.2, 0.25) is 5.91 Å². The number of nitrogens with one attached hydrogen (secondary N) is 2. The largest absolute Gasteiger partial charge is 0.340 e. The number of aromatic nitrogens is 3. The smallest absolute Gasteiger partial charge is 0.332 e. The Balaban J connectivity index is 1.88. The third-order valence-corrected chi connectivity index (χ3v) is 4.92. The van der Waals surface area contributed by atoms with Gasteiger partial charge in [0.05, 0.1) is 22.8 Å². The molecular formula is C21H22FN5O4. The molecule has 0 aliphatic rings. The highest BCUT2D eigenvalue weighted by atomic mass is 19.1. The van der Waals surface area contributed by atoms with E-state index in [0.717, 1.165) is 10.6 Å². The summed E-state index contributed by atoms with van der Waals surface area (Å²) in [6, 6.07) is 5.92. The highest BCUT2D eigenvalue weighted by molar-refractivity contribution is 6.01. The van der Waals surface area contributed by atoms with Crippen molar-refractivity contribution in [3.63, 3.8) is 0 Å².